The fourth-order valence-electron chi connectivity index (χ4n) is 0. The van der Waals surface area contributed by atoms with Gasteiger partial charge in [-0.25, -0.2) is 4.39 Å². The first-order valence-corrected chi connectivity index (χ1v) is 3.81. The molecule has 0 aromatic carbocycles. The normalized spacial score (nSPS) is 15.1. The molecular formula is C6H6Cl2F8. The molecule has 0 nitrogen and oxygen atoms in total. The van der Waals surface area contributed by atoms with E-state index in [0.717, 1.165) is 0 Å². The van der Waals surface area contributed by atoms with Gasteiger partial charge in [-0.05, 0) is 6.92 Å². The van der Waals surface area contributed by atoms with Gasteiger partial charge in [0.25, 0.3) is 5.13 Å². The third kappa shape index (κ3) is 10.3. The van der Waals surface area contributed by atoms with Crippen LogP contribution in [0.25, 0.3) is 0 Å². The minimum atomic E-state index is -4.96. The first kappa shape index (κ1) is 21.1. The van der Waals surface area contributed by atoms with Gasteiger partial charge in [-0.2, -0.15) is 26.3 Å². The fraction of sp³-hybridized carbons (Fsp3) is 0.667. The average molecular weight is 301 g/mol. The van der Waals surface area contributed by atoms with E-state index in [1.54, 1.807) is 0 Å². The van der Waals surface area contributed by atoms with Crippen molar-refractivity contribution >= 4 is 23.2 Å². The number of hydrogen-bond acceptors (Lipinski definition) is 0. The summed E-state index contributed by atoms with van der Waals surface area (Å²) < 4.78 is 77.5. The number of rotatable bonds is 0. The highest BCUT2D eigenvalue weighted by molar-refractivity contribution is 6.30. The summed E-state index contributed by atoms with van der Waals surface area (Å²) in [6.45, 7) is 2.71. The lowest BCUT2D eigenvalue weighted by Crippen LogP contribution is -2.31. The number of halogens is 10. The quantitative estimate of drug-likeness (QED) is 0.440. The third-order valence-electron chi connectivity index (χ3n) is 0.805. The van der Waals surface area contributed by atoms with Crippen molar-refractivity contribution in [3.63, 3.8) is 0 Å². The van der Waals surface area contributed by atoms with E-state index < -0.39 is 22.5 Å². The molecule has 0 aromatic heterocycles. The van der Waals surface area contributed by atoms with E-state index in [1.165, 1.54) is 0 Å². The van der Waals surface area contributed by atoms with Crippen molar-refractivity contribution in [3.05, 3.63) is 11.6 Å². The van der Waals surface area contributed by atoms with Crippen LogP contribution in [0.1, 0.15) is 6.92 Å². The standard InChI is InChI=1S/C3H3ClF4.C3H2ClF3.FH/c1-2(4,5)3(6,7)8;1-2(4)3(5,6)7;/h1H3;1H2;1H. The Labute approximate surface area is 95.4 Å². The molecule has 0 radical (unpaired) electrons. The van der Waals surface area contributed by atoms with Crippen molar-refractivity contribution in [1.82, 2.24) is 0 Å². The molecule has 100 valence electrons. The van der Waals surface area contributed by atoms with E-state index in [-0.39, 0.29) is 11.6 Å². The lowest BCUT2D eigenvalue weighted by atomic mass is 10.4. The Balaban J connectivity index is -0.000000200. The Kier molecular flexibility index (Phi) is 8.55. The van der Waals surface area contributed by atoms with Crippen LogP contribution >= 0.6 is 23.2 Å². The summed E-state index contributed by atoms with van der Waals surface area (Å²) in [5.74, 6) is 0. The second-order valence-electron chi connectivity index (χ2n) is 2.29. The van der Waals surface area contributed by atoms with Crippen LogP contribution in [-0.4, -0.2) is 17.5 Å². The van der Waals surface area contributed by atoms with E-state index in [2.05, 4.69) is 29.8 Å². The zero-order chi connectivity index (χ0) is 13.1. The van der Waals surface area contributed by atoms with Crippen molar-refractivity contribution in [2.24, 2.45) is 0 Å². The highest BCUT2D eigenvalue weighted by Crippen LogP contribution is 2.36. The predicted octanol–water partition coefficient (Wildman–Crippen LogP) is 4.93. The largest absolute Gasteiger partial charge is 0.436 e. The van der Waals surface area contributed by atoms with Gasteiger partial charge in [0.15, 0.2) is 0 Å². The van der Waals surface area contributed by atoms with Gasteiger partial charge in [-0.15, -0.1) is 0 Å². The Morgan fingerprint density at radius 3 is 1.12 bits per heavy atom. The molecule has 0 bridgehead atoms. The van der Waals surface area contributed by atoms with Crippen molar-refractivity contribution in [3.8, 4) is 0 Å². The van der Waals surface area contributed by atoms with E-state index >= 15 is 0 Å². The lowest BCUT2D eigenvalue weighted by Gasteiger charge is -2.14. The zero-order valence-corrected chi connectivity index (χ0v) is 9.03. The molecule has 0 saturated heterocycles. The molecule has 1 atom stereocenters. The van der Waals surface area contributed by atoms with Crippen LogP contribution in [0, 0.1) is 0 Å². The van der Waals surface area contributed by atoms with Crippen LogP contribution in [0.2, 0.25) is 0 Å². The molecule has 0 spiro atoms. The van der Waals surface area contributed by atoms with Gasteiger partial charge < -0.3 is 0 Å². The van der Waals surface area contributed by atoms with Gasteiger partial charge in [-0.1, -0.05) is 29.8 Å². The summed E-state index contributed by atoms with van der Waals surface area (Å²) in [5, 5.41) is -4.88. The Bertz CT molecular complexity index is 198. The summed E-state index contributed by atoms with van der Waals surface area (Å²) in [6, 6.07) is 0. The SMILES string of the molecule is C=C(Cl)C(F)(F)F.CC(F)(Cl)C(F)(F)F.F. The second-order valence-corrected chi connectivity index (χ2v) is 3.45. The van der Waals surface area contributed by atoms with Gasteiger partial charge >= 0.3 is 12.4 Å². The highest BCUT2D eigenvalue weighted by Gasteiger charge is 2.50. The maximum atomic E-state index is 11.5. The first-order chi connectivity index (χ1) is 6.19. The number of allylic oxidation sites excluding steroid dienone is 1. The topological polar surface area (TPSA) is 0 Å². The van der Waals surface area contributed by atoms with Crippen LogP contribution in [0.3, 0.4) is 0 Å². The Hall–Kier alpha value is -0.240. The molecule has 0 aromatic rings. The summed E-state index contributed by atoms with van der Waals surface area (Å²) in [4.78, 5) is 0. The minimum Gasteiger partial charge on any atom is -0.269 e. The molecule has 0 heterocycles. The van der Waals surface area contributed by atoms with Gasteiger partial charge in [-0.3, -0.25) is 4.70 Å². The molecule has 0 aliphatic heterocycles. The smallest absolute Gasteiger partial charge is 0.269 e. The molecule has 0 aliphatic carbocycles. The van der Waals surface area contributed by atoms with E-state index in [0.29, 0.717) is 0 Å². The molecule has 10 heteroatoms. The molecule has 0 N–H and O–H groups in total. The van der Waals surface area contributed by atoms with E-state index in [4.69, 9.17) is 0 Å². The monoisotopic (exact) mass is 300 g/mol. The van der Waals surface area contributed by atoms with Crippen LogP contribution in [-0.2, 0) is 0 Å². The Morgan fingerprint density at radius 1 is 1.00 bits per heavy atom. The molecule has 0 fully saturated rings. The first-order valence-electron chi connectivity index (χ1n) is 3.05. The van der Waals surface area contributed by atoms with Crippen LogP contribution in [0.15, 0.2) is 11.6 Å². The van der Waals surface area contributed by atoms with Gasteiger partial charge in [0.2, 0.25) is 0 Å². The minimum absolute atomic E-state index is 0. The second kappa shape index (κ2) is 6.48. The molecule has 0 amide bonds. The molecule has 0 saturated carbocycles. The maximum Gasteiger partial charge on any atom is 0.436 e. The van der Waals surface area contributed by atoms with Gasteiger partial charge in [0.1, 0.15) is 5.03 Å². The van der Waals surface area contributed by atoms with E-state index in [9.17, 15) is 30.7 Å². The molecule has 1 unspecified atom stereocenters. The van der Waals surface area contributed by atoms with Crippen molar-refractivity contribution in [2.45, 2.75) is 24.4 Å². The summed E-state index contributed by atoms with van der Waals surface area (Å²) in [6.07, 6.45) is -9.39. The Morgan fingerprint density at radius 2 is 1.12 bits per heavy atom. The molecule has 16 heavy (non-hydrogen) atoms. The number of alkyl halides is 8. The summed E-state index contributed by atoms with van der Waals surface area (Å²) in [7, 11) is 0. The van der Waals surface area contributed by atoms with Crippen molar-refractivity contribution in [1.29, 1.82) is 0 Å². The van der Waals surface area contributed by atoms with Crippen molar-refractivity contribution < 1.29 is 35.4 Å². The molecule has 0 aliphatic rings. The highest BCUT2D eigenvalue weighted by atomic mass is 35.5. The third-order valence-corrected chi connectivity index (χ3v) is 1.23. The fourth-order valence-corrected chi connectivity index (χ4v) is 0. The molecular weight excluding hydrogens is 295 g/mol. The number of hydrogen-bond donors (Lipinski definition) is 0. The van der Waals surface area contributed by atoms with Crippen LogP contribution in [0.5, 0.6) is 0 Å². The average Bonchev–Trinajstić information content (AvgIpc) is 1.80. The zero-order valence-electron chi connectivity index (χ0n) is 7.52. The van der Waals surface area contributed by atoms with Crippen LogP contribution in [0.4, 0.5) is 35.4 Å². The van der Waals surface area contributed by atoms with Crippen molar-refractivity contribution in [2.75, 3.05) is 0 Å². The van der Waals surface area contributed by atoms with Crippen LogP contribution < -0.4 is 0 Å². The maximum absolute atomic E-state index is 11.5. The summed E-state index contributed by atoms with van der Waals surface area (Å²) >= 11 is 8.65. The van der Waals surface area contributed by atoms with Gasteiger partial charge in [0.05, 0.1) is 0 Å². The lowest BCUT2D eigenvalue weighted by molar-refractivity contribution is -0.192. The molecule has 0 rings (SSSR count). The van der Waals surface area contributed by atoms with E-state index in [1.807, 2.05) is 0 Å². The predicted molar refractivity (Wildman–Crippen MR) is 45.0 cm³/mol. The van der Waals surface area contributed by atoms with Gasteiger partial charge in [0, 0.05) is 0 Å². The summed E-state index contributed by atoms with van der Waals surface area (Å²) in [5.41, 5.74) is 0.